The molecule has 0 amide bonds. The third-order valence-corrected chi connectivity index (χ3v) is 4.59. The van der Waals surface area contributed by atoms with Crippen molar-refractivity contribution in [1.82, 2.24) is 9.80 Å². The molecule has 160 valence electrons. The largest absolute Gasteiger partial charge is 0.494 e. The van der Waals surface area contributed by atoms with Crippen LogP contribution in [-0.4, -0.2) is 75.3 Å². The summed E-state index contributed by atoms with van der Waals surface area (Å²) in [5, 5.41) is 3.15. The van der Waals surface area contributed by atoms with E-state index in [-0.39, 0.29) is 24.0 Å². The standard InChI is InChI=1S/C20H35N5O2.HI/c1-4-26-17-8-9-19(27-5-2)18(16-17)23-20(21)22-10-6-7-11-25-14-12-24(3)13-15-25;/h8-9,16H,4-7,10-15H2,1-3H3,(H3,21,22,23);1H. The van der Waals surface area contributed by atoms with Gasteiger partial charge in [-0.2, -0.15) is 0 Å². The maximum Gasteiger partial charge on any atom is 0.193 e. The van der Waals surface area contributed by atoms with E-state index in [0.717, 1.165) is 56.2 Å². The van der Waals surface area contributed by atoms with Gasteiger partial charge in [-0.3, -0.25) is 4.99 Å². The molecule has 1 fully saturated rings. The molecular formula is C20H36IN5O2. The molecule has 0 unspecified atom stereocenters. The van der Waals surface area contributed by atoms with Crippen molar-refractivity contribution in [3.8, 4) is 11.5 Å². The SMILES string of the molecule is CCOc1ccc(OCC)c(NC(N)=NCCCCN2CCN(C)CC2)c1.I. The Kier molecular flexibility index (Phi) is 12.2. The van der Waals surface area contributed by atoms with Gasteiger partial charge in [0.15, 0.2) is 5.96 Å². The predicted octanol–water partition coefficient (Wildman–Crippen LogP) is 2.86. The fourth-order valence-corrected chi connectivity index (χ4v) is 3.04. The van der Waals surface area contributed by atoms with Crippen LogP contribution in [0.3, 0.4) is 0 Å². The van der Waals surface area contributed by atoms with Gasteiger partial charge in [0, 0.05) is 38.8 Å². The van der Waals surface area contributed by atoms with Gasteiger partial charge in [-0.15, -0.1) is 24.0 Å². The van der Waals surface area contributed by atoms with Gasteiger partial charge in [0.05, 0.1) is 18.9 Å². The molecule has 1 aliphatic rings. The third kappa shape index (κ3) is 8.83. The lowest BCUT2D eigenvalue weighted by molar-refractivity contribution is 0.152. The predicted molar refractivity (Wildman–Crippen MR) is 127 cm³/mol. The number of ether oxygens (including phenoxy) is 2. The second kappa shape index (κ2) is 13.8. The fraction of sp³-hybridized carbons (Fsp3) is 0.650. The summed E-state index contributed by atoms with van der Waals surface area (Å²) in [5.74, 6) is 1.93. The van der Waals surface area contributed by atoms with Gasteiger partial charge in [0.1, 0.15) is 11.5 Å². The number of halogens is 1. The van der Waals surface area contributed by atoms with Crippen molar-refractivity contribution in [1.29, 1.82) is 0 Å². The molecular weight excluding hydrogens is 469 g/mol. The third-order valence-electron chi connectivity index (χ3n) is 4.59. The van der Waals surface area contributed by atoms with Gasteiger partial charge in [0.25, 0.3) is 0 Å². The Hall–Kier alpha value is -1.26. The topological polar surface area (TPSA) is 75.3 Å². The van der Waals surface area contributed by atoms with Crippen LogP contribution in [0.5, 0.6) is 11.5 Å². The minimum Gasteiger partial charge on any atom is -0.494 e. The molecule has 0 aliphatic carbocycles. The highest BCUT2D eigenvalue weighted by Crippen LogP contribution is 2.29. The van der Waals surface area contributed by atoms with Crippen molar-refractivity contribution in [2.24, 2.45) is 10.7 Å². The van der Waals surface area contributed by atoms with Crippen molar-refractivity contribution >= 4 is 35.6 Å². The van der Waals surface area contributed by atoms with E-state index in [4.69, 9.17) is 15.2 Å². The maximum atomic E-state index is 6.06. The van der Waals surface area contributed by atoms with E-state index in [1.807, 2.05) is 32.0 Å². The number of piperazine rings is 1. The lowest BCUT2D eigenvalue weighted by Gasteiger charge is -2.32. The van der Waals surface area contributed by atoms with Crippen molar-refractivity contribution in [2.45, 2.75) is 26.7 Å². The normalized spacial score (nSPS) is 15.8. The van der Waals surface area contributed by atoms with Crippen molar-refractivity contribution in [3.05, 3.63) is 18.2 Å². The molecule has 1 aromatic carbocycles. The molecule has 0 aromatic heterocycles. The van der Waals surface area contributed by atoms with E-state index in [0.29, 0.717) is 19.2 Å². The number of nitrogens with two attached hydrogens (primary N) is 1. The zero-order chi connectivity index (χ0) is 19.5. The summed E-state index contributed by atoms with van der Waals surface area (Å²) in [4.78, 5) is 9.36. The molecule has 0 atom stereocenters. The number of hydrogen-bond acceptors (Lipinski definition) is 5. The van der Waals surface area contributed by atoms with Crippen molar-refractivity contribution in [3.63, 3.8) is 0 Å². The van der Waals surface area contributed by atoms with Gasteiger partial charge in [-0.25, -0.2) is 0 Å². The highest BCUT2D eigenvalue weighted by molar-refractivity contribution is 14.0. The summed E-state index contributed by atoms with van der Waals surface area (Å²) in [7, 11) is 2.18. The number of hydrogen-bond donors (Lipinski definition) is 2. The van der Waals surface area contributed by atoms with Crippen LogP contribution in [0.1, 0.15) is 26.7 Å². The highest BCUT2D eigenvalue weighted by atomic mass is 127. The molecule has 1 saturated heterocycles. The number of nitrogens with zero attached hydrogens (tertiary/aromatic N) is 3. The van der Waals surface area contributed by atoms with Gasteiger partial charge >= 0.3 is 0 Å². The first-order valence-electron chi connectivity index (χ1n) is 9.99. The molecule has 8 heteroatoms. The number of aliphatic imine (C=N–C) groups is 1. The molecule has 1 aromatic rings. The Balaban J connectivity index is 0.00000392. The average Bonchev–Trinajstić information content (AvgIpc) is 2.65. The van der Waals surface area contributed by atoms with E-state index in [9.17, 15) is 0 Å². The summed E-state index contributed by atoms with van der Waals surface area (Å²) in [6.45, 7) is 11.6. The van der Waals surface area contributed by atoms with Crippen LogP contribution in [0.15, 0.2) is 23.2 Å². The number of guanidine groups is 1. The van der Waals surface area contributed by atoms with E-state index in [1.54, 1.807) is 0 Å². The Morgan fingerprint density at radius 2 is 1.82 bits per heavy atom. The summed E-state index contributed by atoms with van der Waals surface area (Å²) in [6, 6.07) is 5.68. The zero-order valence-electron chi connectivity index (χ0n) is 17.4. The number of likely N-dealkylation sites (N-methyl/N-ethyl adjacent to an activating group) is 1. The molecule has 0 saturated carbocycles. The van der Waals surface area contributed by atoms with Gasteiger partial charge in [-0.05, 0) is 52.4 Å². The molecule has 7 nitrogen and oxygen atoms in total. The maximum absolute atomic E-state index is 6.06. The first kappa shape index (κ1) is 24.8. The van der Waals surface area contributed by atoms with E-state index >= 15 is 0 Å². The zero-order valence-corrected chi connectivity index (χ0v) is 19.8. The molecule has 0 spiro atoms. The van der Waals surface area contributed by atoms with Crippen LogP contribution in [0.2, 0.25) is 0 Å². The smallest absolute Gasteiger partial charge is 0.193 e. The molecule has 1 heterocycles. The number of nitrogens with one attached hydrogen (secondary N) is 1. The molecule has 2 rings (SSSR count). The highest BCUT2D eigenvalue weighted by Gasteiger charge is 2.12. The second-order valence-corrected chi connectivity index (χ2v) is 6.77. The van der Waals surface area contributed by atoms with Crippen molar-refractivity contribution < 1.29 is 9.47 Å². The second-order valence-electron chi connectivity index (χ2n) is 6.77. The Morgan fingerprint density at radius 3 is 2.50 bits per heavy atom. The van der Waals surface area contributed by atoms with Crippen LogP contribution in [0.25, 0.3) is 0 Å². The number of unbranched alkanes of at least 4 members (excludes halogenated alkanes) is 1. The van der Waals surface area contributed by atoms with Crippen LogP contribution < -0.4 is 20.5 Å². The first-order valence-corrected chi connectivity index (χ1v) is 9.99. The first-order chi connectivity index (χ1) is 13.1. The number of benzene rings is 1. The van der Waals surface area contributed by atoms with Crippen LogP contribution in [0.4, 0.5) is 5.69 Å². The van der Waals surface area contributed by atoms with Gasteiger partial charge in [0.2, 0.25) is 0 Å². The molecule has 3 N–H and O–H groups in total. The number of rotatable bonds is 10. The van der Waals surface area contributed by atoms with Crippen LogP contribution >= 0.6 is 24.0 Å². The summed E-state index contributed by atoms with van der Waals surface area (Å²) in [5.41, 5.74) is 6.84. The Morgan fingerprint density at radius 1 is 1.11 bits per heavy atom. The number of anilines is 1. The summed E-state index contributed by atoms with van der Waals surface area (Å²) in [6.07, 6.45) is 2.18. The molecule has 28 heavy (non-hydrogen) atoms. The summed E-state index contributed by atoms with van der Waals surface area (Å²) < 4.78 is 11.2. The van der Waals surface area contributed by atoms with Gasteiger partial charge < -0.3 is 30.3 Å². The minimum atomic E-state index is 0. The van der Waals surface area contributed by atoms with E-state index < -0.39 is 0 Å². The van der Waals surface area contributed by atoms with Crippen LogP contribution in [-0.2, 0) is 0 Å². The van der Waals surface area contributed by atoms with E-state index in [2.05, 4.69) is 27.2 Å². The lowest BCUT2D eigenvalue weighted by Crippen LogP contribution is -2.44. The molecule has 0 radical (unpaired) electrons. The minimum absolute atomic E-state index is 0. The Bertz CT molecular complexity index is 592. The lowest BCUT2D eigenvalue weighted by atomic mass is 10.2. The molecule has 1 aliphatic heterocycles. The summed E-state index contributed by atoms with van der Waals surface area (Å²) >= 11 is 0. The quantitative estimate of drug-likeness (QED) is 0.221. The van der Waals surface area contributed by atoms with Gasteiger partial charge in [-0.1, -0.05) is 0 Å². The monoisotopic (exact) mass is 505 g/mol. The van der Waals surface area contributed by atoms with Crippen molar-refractivity contribution in [2.75, 3.05) is 64.8 Å². The Labute approximate surface area is 186 Å². The van der Waals surface area contributed by atoms with Crippen LogP contribution in [0, 0.1) is 0 Å². The molecule has 0 bridgehead atoms. The van der Waals surface area contributed by atoms with E-state index in [1.165, 1.54) is 13.1 Å². The fourth-order valence-electron chi connectivity index (χ4n) is 3.04. The average molecular weight is 505 g/mol.